The maximum Gasteiger partial charge on any atom is 0.363 e. The van der Waals surface area contributed by atoms with Gasteiger partial charge in [0.25, 0.3) is 0 Å². The van der Waals surface area contributed by atoms with E-state index in [4.69, 9.17) is 0 Å². The minimum absolute atomic E-state index is 0.152. The van der Waals surface area contributed by atoms with E-state index in [1.54, 1.807) is 15.9 Å². The van der Waals surface area contributed by atoms with Crippen molar-refractivity contribution in [2.75, 3.05) is 5.33 Å². The lowest BCUT2D eigenvalue weighted by atomic mass is 10.3. The molecule has 6 heteroatoms. The number of alkyl halides is 6. The summed E-state index contributed by atoms with van der Waals surface area (Å²) < 4.78 is 47.9. The van der Waals surface area contributed by atoms with E-state index in [0.29, 0.717) is 0 Å². The molecule has 10 heavy (non-hydrogen) atoms. The van der Waals surface area contributed by atoms with Crippen molar-refractivity contribution in [1.29, 1.82) is 0 Å². The number of halogens is 6. The van der Waals surface area contributed by atoms with Crippen molar-refractivity contribution in [2.45, 2.75) is 17.2 Å². The number of hydrogen-bond acceptors (Lipinski definition) is 0. The van der Waals surface area contributed by atoms with Gasteiger partial charge in [0, 0.05) is 11.8 Å². The normalized spacial score (nSPS) is 13.8. The van der Waals surface area contributed by atoms with Crippen LogP contribution in [0.25, 0.3) is 0 Å². The molecule has 0 amide bonds. The molecule has 0 aliphatic heterocycles. The van der Waals surface area contributed by atoms with Crippen LogP contribution in [0.15, 0.2) is 0 Å². The summed E-state index contributed by atoms with van der Waals surface area (Å²) in [5.74, 6) is -3.98. The molecule has 0 heterocycles. The molecule has 0 unspecified atom stereocenters. The molecule has 0 aliphatic carbocycles. The summed E-state index contributed by atoms with van der Waals surface area (Å²) >= 11 is 4.24. The lowest BCUT2D eigenvalue weighted by Crippen LogP contribution is -2.35. The Kier molecular flexibility index (Phi) is 3.61. The van der Waals surface area contributed by atoms with E-state index < -0.39 is 17.2 Å². The molecule has 0 radical (unpaired) electrons. The van der Waals surface area contributed by atoms with Crippen LogP contribution in [0.4, 0.5) is 17.6 Å². The Morgan fingerprint density at radius 2 is 1.50 bits per heavy atom. The van der Waals surface area contributed by atoms with Crippen molar-refractivity contribution in [3.8, 4) is 0 Å². The quantitative estimate of drug-likeness (QED) is 0.551. The van der Waals surface area contributed by atoms with E-state index in [1.807, 2.05) is 0 Å². The zero-order chi connectivity index (χ0) is 8.41. The molecule has 0 nitrogen and oxygen atoms in total. The third-order valence-corrected chi connectivity index (χ3v) is 1.80. The van der Waals surface area contributed by atoms with Gasteiger partial charge in [0.2, 0.25) is 0 Å². The molecule has 0 aromatic heterocycles. The molecule has 0 spiro atoms. The topological polar surface area (TPSA) is 0 Å². The van der Waals surface area contributed by atoms with Gasteiger partial charge in [-0.2, -0.15) is 17.6 Å². The van der Waals surface area contributed by atoms with E-state index in [-0.39, 0.29) is 5.33 Å². The minimum atomic E-state index is -4.10. The molecule has 0 saturated carbocycles. The van der Waals surface area contributed by atoms with Crippen LogP contribution in [0.1, 0.15) is 6.42 Å². The number of hydrogen-bond donors (Lipinski definition) is 0. The van der Waals surface area contributed by atoms with E-state index in [1.165, 1.54) is 0 Å². The molecule has 0 bridgehead atoms. The summed E-state index contributed by atoms with van der Waals surface area (Å²) in [4.78, 5) is -4.10. The molecule has 0 aromatic rings. The summed E-state index contributed by atoms with van der Waals surface area (Å²) in [6, 6.07) is 0. The summed E-state index contributed by atoms with van der Waals surface area (Å²) in [6.45, 7) is 0. The molecule has 0 aromatic carbocycles. The summed E-state index contributed by atoms with van der Waals surface area (Å²) in [7, 11) is 0. The first kappa shape index (κ1) is 10.7. The SMILES string of the molecule is FC(F)(Br)C(F)(F)CCBr. The third-order valence-electron chi connectivity index (χ3n) is 0.823. The zero-order valence-corrected chi connectivity index (χ0v) is 7.85. The van der Waals surface area contributed by atoms with E-state index >= 15 is 0 Å². The maximum absolute atomic E-state index is 12.1. The minimum Gasteiger partial charge on any atom is -0.199 e. The van der Waals surface area contributed by atoms with Crippen LogP contribution in [-0.4, -0.2) is 16.1 Å². The second-order valence-corrected chi connectivity index (χ2v) is 3.43. The molecule has 0 rings (SSSR count). The van der Waals surface area contributed by atoms with Crippen molar-refractivity contribution < 1.29 is 17.6 Å². The highest BCUT2D eigenvalue weighted by Gasteiger charge is 2.53. The Labute approximate surface area is 72.2 Å². The lowest BCUT2D eigenvalue weighted by molar-refractivity contribution is -0.147. The van der Waals surface area contributed by atoms with Crippen molar-refractivity contribution in [3.63, 3.8) is 0 Å². The van der Waals surface area contributed by atoms with Crippen LogP contribution in [0.3, 0.4) is 0 Å². The van der Waals surface area contributed by atoms with Gasteiger partial charge in [-0.3, -0.25) is 0 Å². The molecule has 0 atom stereocenters. The maximum atomic E-state index is 12.1. The van der Waals surface area contributed by atoms with Crippen LogP contribution in [-0.2, 0) is 0 Å². The van der Waals surface area contributed by atoms with Crippen molar-refractivity contribution in [3.05, 3.63) is 0 Å². The first-order valence-corrected chi connectivity index (χ1v) is 4.23. The van der Waals surface area contributed by atoms with Gasteiger partial charge in [-0.1, -0.05) is 15.9 Å². The monoisotopic (exact) mass is 286 g/mol. The smallest absolute Gasteiger partial charge is 0.199 e. The number of rotatable bonds is 3. The Bertz CT molecular complexity index is 108. The van der Waals surface area contributed by atoms with Crippen LogP contribution in [0.2, 0.25) is 0 Å². The van der Waals surface area contributed by atoms with Gasteiger partial charge in [-0.25, -0.2) is 0 Å². The summed E-state index contributed by atoms with van der Waals surface area (Å²) in [5.41, 5.74) is 0. The average molecular weight is 288 g/mol. The second-order valence-electron chi connectivity index (χ2n) is 1.64. The molecule has 0 fully saturated rings. The fourth-order valence-corrected chi connectivity index (χ4v) is 0.957. The van der Waals surface area contributed by atoms with E-state index in [2.05, 4.69) is 15.9 Å². The Morgan fingerprint density at radius 1 is 1.10 bits per heavy atom. The highest BCUT2D eigenvalue weighted by atomic mass is 79.9. The zero-order valence-electron chi connectivity index (χ0n) is 4.68. The highest BCUT2D eigenvalue weighted by Crippen LogP contribution is 2.41. The van der Waals surface area contributed by atoms with Gasteiger partial charge in [0.1, 0.15) is 0 Å². The summed E-state index contributed by atoms with van der Waals surface area (Å²) in [6.07, 6.45) is -0.884. The van der Waals surface area contributed by atoms with Gasteiger partial charge >= 0.3 is 10.8 Å². The Balaban J connectivity index is 4.10. The lowest BCUT2D eigenvalue weighted by Gasteiger charge is -2.19. The molecular weight excluding hydrogens is 284 g/mol. The fraction of sp³-hybridized carbons (Fsp3) is 1.00. The van der Waals surface area contributed by atoms with Gasteiger partial charge in [0.05, 0.1) is 0 Å². The summed E-state index contributed by atoms with van der Waals surface area (Å²) in [5, 5.41) is -0.152. The molecule has 62 valence electrons. The third kappa shape index (κ3) is 2.74. The van der Waals surface area contributed by atoms with Crippen LogP contribution in [0.5, 0.6) is 0 Å². The predicted octanol–water partition coefficient (Wildman–Crippen LogP) is 3.39. The van der Waals surface area contributed by atoms with Crippen molar-refractivity contribution in [1.82, 2.24) is 0 Å². The van der Waals surface area contributed by atoms with Gasteiger partial charge in [-0.15, -0.1) is 0 Å². The largest absolute Gasteiger partial charge is 0.363 e. The Morgan fingerprint density at radius 3 is 1.60 bits per heavy atom. The van der Waals surface area contributed by atoms with Gasteiger partial charge < -0.3 is 0 Å². The predicted molar refractivity (Wildman–Crippen MR) is 37.2 cm³/mol. The molecular formula is C4H4Br2F4. The van der Waals surface area contributed by atoms with E-state index in [0.717, 1.165) is 0 Å². The first-order valence-electron chi connectivity index (χ1n) is 2.32. The van der Waals surface area contributed by atoms with Gasteiger partial charge in [-0.05, 0) is 15.9 Å². The fourth-order valence-electron chi connectivity index (χ4n) is 0.260. The first-order chi connectivity index (χ1) is 4.31. The molecule has 0 saturated heterocycles. The Hall–Kier alpha value is 0.680. The van der Waals surface area contributed by atoms with Crippen LogP contribution in [0, 0.1) is 0 Å². The standard InChI is InChI=1S/C4H4Br2F4/c5-2-1-3(7,8)4(6,9)10/h1-2H2. The van der Waals surface area contributed by atoms with Crippen molar-refractivity contribution in [2.24, 2.45) is 0 Å². The van der Waals surface area contributed by atoms with Crippen LogP contribution < -0.4 is 0 Å². The molecule has 0 aliphatic rings. The molecule has 0 N–H and O–H groups in total. The van der Waals surface area contributed by atoms with Crippen LogP contribution >= 0.6 is 31.9 Å². The second kappa shape index (κ2) is 3.38. The highest BCUT2D eigenvalue weighted by molar-refractivity contribution is 9.10. The average Bonchev–Trinajstić information content (AvgIpc) is 1.61. The van der Waals surface area contributed by atoms with E-state index in [9.17, 15) is 17.6 Å². The van der Waals surface area contributed by atoms with Gasteiger partial charge in [0.15, 0.2) is 0 Å². The van der Waals surface area contributed by atoms with Crippen molar-refractivity contribution >= 4 is 31.9 Å².